The molecule has 2 atom stereocenters. The van der Waals surface area contributed by atoms with E-state index < -0.39 is 0 Å². The maximum Gasteiger partial charge on any atom is -0.0354 e. The molecule has 0 bridgehead atoms. The topological polar surface area (TPSA) is 0 Å². The second-order valence-corrected chi connectivity index (χ2v) is 6.35. The van der Waals surface area contributed by atoms with Gasteiger partial charge in [-0.3, -0.25) is 0 Å². The van der Waals surface area contributed by atoms with E-state index in [4.69, 9.17) is 0 Å². The van der Waals surface area contributed by atoms with Crippen molar-refractivity contribution < 1.29 is 0 Å². The van der Waals surface area contributed by atoms with Crippen LogP contribution in [0.25, 0.3) is 0 Å². The fraction of sp³-hybridized carbons (Fsp3) is 1.00. The number of hydrogen-bond acceptors (Lipinski definition) is 0. The number of rotatable bonds is 0. The lowest BCUT2D eigenvalue weighted by Crippen LogP contribution is -2.34. The third kappa shape index (κ3) is 2.48. The first kappa shape index (κ1) is 11.1. The van der Waals surface area contributed by atoms with E-state index in [1.54, 1.807) is 0 Å². The quantitative estimate of drug-likeness (QED) is 0.522. The largest absolute Gasteiger partial charge is 0.0622 e. The lowest BCUT2D eigenvalue weighted by Gasteiger charge is -2.43. The molecule has 0 nitrogen and oxygen atoms in total. The van der Waals surface area contributed by atoms with E-state index in [0.29, 0.717) is 5.41 Å². The highest BCUT2D eigenvalue weighted by molar-refractivity contribution is 4.85. The third-order valence-electron chi connectivity index (χ3n) is 4.33. The zero-order valence-corrected chi connectivity index (χ0v) is 10.2. The van der Waals surface area contributed by atoms with Crippen molar-refractivity contribution >= 4 is 0 Å². The molecule has 0 saturated heterocycles. The highest BCUT2D eigenvalue weighted by Gasteiger charge is 2.35. The minimum absolute atomic E-state index is 0.517. The van der Waals surface area contributed by atoms with Gasteiger partial charge in [-0.2, -0.15) is 0 Å². The molecule has 2 unspecified atom stereocenters. The lowest BCUT2D eigenvalue weighted by molar-refractivity contribution is 0.0717. The van der Waals surface area contributed by atoms with E-state index in [9.17, 15) is 0 Å². The molecular formula is C13H26. The van der Waals surface area contributed by atoms with Crippen molar-refractivity contribution in [3.8, 4) is 0 Å². The molecule has 0 radical (unpaired) electrons. The van der Waals surface area contributed by atoms with Crippen LogP contribution in [0.15, 0.2) is 0 Å². The predicted octanol–water partition coefficient (Wildman–Crippen LogP) is 4.35. The van der Waals surface area contributed by atoms with Gasteiger partial charge in [0.05, 0.1) is 0 Å². The molecule has 1 rings (SSSR count). The Hall–Kier alpha value is 0. The molecule has 1 saturated carbocycles. The molecule has 78 valence electrons. The fourth-order valence-electron chi connectivity index (χ4n) is 2.69. The van der Waals surface area contributed by atoms with Crippen molar-refractivity contribution in [1.29, 1.82) is 0 Å². The minimum Gasteiger partial charge on any atom is -0.0622 e. The Morgan fingerprint density at radius 1 is 0.846 bits per heavy atom. The Morgan fingerprint density at radius 3 is 1.54 bits per heavy atom. The molecule has 0 aromatic carbocycles. The van der Waals surface area contributed by atoms with E-state index in [0.717, 1.165) is 23.7 Å². The summed E-state index contributed by atoms with van der Waals surface area (Å²) < 4.78 is 0. The standard InChI is InChI=1S/C13H26/c1-9-7-12(13(4,5)6)8-10(2)11(9)3/h9-12H,7-8H2,1-6H3. The van der Waals surface area contributed by atoms with Crippen LogP contribution in [0.1, 0.15) is 54.4 Å². The van der Waals surface area contributed by atoms with E-state index >= 15 is 0 Å². The summed E-state index contributed by atoms with van der Waals surface area (Å²) in [5, 5.41) is 0. The van der Waals surface area contributed by atoms with Crippen LogP contribution in [0.3, 0.4) is 0 Å². The van der Waals surface area contributed by atoms with Gasteiger partial charge in [0.2, 0.25) is 0 Å². The van der Waals surface area contributed by atoms with Gasteiger partial charge in [0.1, 0.15) is 0 Å². The second kappa shape index (κ2) is 3.63. The summed E-state index contributed by atoms with van der Waals surface area (Å²) in [6, 6.07) is 0. The summed E-state index contributed by atoms with van der Waals surface area (Å²) in [6.07, 6.45) is 2.88. The van der Waals surface area contributed by atoms with Crippen molar-refractivity contribution in [3.63, 3.8) is 0 Å². The van der Waals surface area contributed by atoms with Gasteiger partial charge in [-0.25, -0.2) is 0 Å². The first-order chi connectivity index (χ1) is 5.82. The Balaban J connectivity index is 2.64. The highest BCUT2D eigenvalue weighted by atomic mass is 14.4. The van der Waals surface area contributed by atoms with Crippen LogP contribution in [0, 0.1) is 29.1 Å². The van der Waals surface area contributed by atoms with Gasteiger partial charge in [-0.05, 0) is 41.9 Å². The smallest absolute Gasteiger partial charge is 0.0354 e. The first-order valence-electron chi connectivity index (χ1n) is 5.82. The average molecular weight is 182 g/mol. The Morgan fingerprint density at radius 2 is 1.23 bits per heavy atom. The summed E-state index contributed by atoms with van der Waals surface area (Å²) >= 11 is 0. The Kier molecular flexibility index (Phi) is 3.09. The predicted molar refractivity (Wildman–Crippen MR) is 59.7 cm³/mol. The molecule has 13 heavy (non-hydrogen) atoms. The second-order valence-electron chi connectivity index (χ2n) is 6.35. The van der Waals surface area contributed by atoms with Gasteiger partial charge in [0.25, 0.3) is 0 Å². The van der Waals surface area contributed by atoms with Crippen LogP contribution in [0.5, 0.6) is 0 Å². The van der Waals surface area contributed by atoms with Crippen molar-refractivity contribution in [3.05, 3.63) is 0 Å². The maximum absolute atomic E-state index is 2.43. The molecule has 1 fully saturated rings. The Labute approximate surface area is 84.1 Å². The molecule has 0 heteroatoms. The minimum atomic E-state index is 0.517. The molecule has 0 N–H and O–H groups in total. The van der Waals surface area contributed by atoms with Crippen LogP contribution < -0.4 is 0 Å². The van der Waals surface area contributed by atoms with E-state index in [-0.39, 0.29) is 0 Å². The van der Waals surface area contributed by atoms with E-state index in [1.807, 2.05) is 0 Å². The molecule has 0 aromatic rings. The normalized spacial score (nSPS) is 42.0. The van der Waals surface area contributed by atoms with Crippen molar-refractivity contribution in [2.24, 2.45) is 29.1 Å². The Bertz CT molecular complexity index is 151. The zero-order chi connectivity index (χ0) is 10.2. The molecule has 0 spiro atoms. The van der Waals surface area contributed by atoms with Crippen LogP contribution >= 0.6 is 0 Å². The fourth-order valence-corrected chi connectivity index (χ4v) is 2.69. The van der Waals surface area contributed by atoms with Gasteiger partial charge >= 0.3 is 0 Å². The van der Waals surface area contributed by atoms with Gasteiger partial charge in [-0.15, -0.1) is 0 Å². The van der Waals surface area contributed by atoms with Crippen molar-refractivity contribution in [2.45, 2.75) is 54.4 Å². The monoisotopic (exact) mass is 182 g/mol. The molecule has 1 aliphatic carbocycles. The summed E-state index contributed by atoms with van der Waals surface area (Å²) in [5.41, 5.74) is 0.517. The summed E-state index contributed by atoms with van der Waals surface area (Å²) in [6.45, 7) is 14.5. The molecule has 0 aliphatic heterocycles. The van der Waals surface area contributed by atoms with Crippen molar-refractivity contribution in [2.75, 3.05) is 0 Å². The van der Waals surface area contributed by atoms with E-state index in [1.165, 1.54) is 12.8 Å². The molecule has 0 aromatic heterocycles. The molecule has 0 heterocycles. The molecule has 1 aliphatic rings. The third-order valence-corrected chi connectivity index (χ3v) is 4.33. The van der Waals surface area contributed by atoms with Crippen LogP contribution in [-0.2, 0) is 0 Å². The molecular weight excluding hydrogens is 156 g/mol. The van der Waals surface area contributed by atoms with Gasteiger partial charge in [0, 0.05) is 0 Å². The van der Waals surface area contributed by atoms with Gasteiger partial charge < -0.3 is 0 Å². The SMILES string of the molecule is CC1CC(C(C)(C)C)CC(C)C1C. The van der Waals surface area contributed by atoms with Crippen LogP contribution in [-0.4, -0.2) is 0 Å². The van der Waals surface area contributed by atoms with Gasteiger partial charge in [0.15, 0.2) is 0 Å². The van der Waals surface area contributed by atoms with Crippen LogP contribution in [0.2, 0.25) is 0 Å². The number of hydrogen-bond donors (Lipinski definition) is 0. The zero-order valence-electron chi connectivity index (χ0n) is 10.2. The lowest BCUT2D eigenvalue weighted by atomic mass is 9.63. The first-order valence-corrected chi connectivity index (χ1v) is 5.82. The summed E-state index contributed by atoms with van der Waals surface area (Å²) in [7, 11) is 0. The average Bonchev–Trinajstić information content (AvgIpc) is 1.97. The summed E-state index contributed by atoms with van der Waals surface area (Å²) in [4.78, 5) is 0. The van der Waals surface area contributed by atoms with Gasteiger partial charge in [-0.1, -0.05) is 41.5 Å². The molecule has 0 amide bonds. The van der Waals surface area contributed by atoms with E-state index in [2.05, 4.69) is 41.5 Å². The summed E-state index contributed by atoms with van der Waals surface area (Å²) in [5.74, 6) is 3.72. The highest BCUT2D eigenvalue weighted by Crippen LogP contribution is 2.44. The van der Waals surface area contributed by atoms with Crippen LogP contribution in [0.4, 0.5) is 0 Å². The maximum atomic E-state index is 2.43. The van der Waals surface area contributed by atoms with Crippen molar-refractivity contribution in [1.82, 2.24) is 0 Å².